The molecule has 0 heterocycles. The van der Waals surface area contributed by atoms with E-state index in [0.29, 0.717) is 0 Å². The summed E-state index contributed by atoms with van der Waals surface area (Å²) in [5.74, 6) is -2.51. The molecule has 0 aromatic carbocycles. The Morgan fingerprint density at radius 1 is 1.17 bits per heavy atom. The average molecular weight is 174 g/mol. The molecule has 5 heteroatoms. The van der Waals surface area contributed by atoms with Crippen LogP contribution in [0.15, 0.2) is 0 Å². The Morgan fingerprint density at radius 2 is 1.75 bits per heavy atom. The quantitative estimate of drug-likeness (QED) is 0.490. The normalized spacial score (nSPS) is 9.08. The molecule has 0 saturated heterocycles. The third kappa shape index (κ3) is 5.40. The maximum Gasteiger partial charge on any atom is 0.314 e. The van der Waals surface area contributed by atoms with Crippen molar-refractivity contribution in [3.8, 4) is 0 Å². The zero-order valence-electron chi connectivity index (χ0n) is 6.70. The number of carboxylic acid groups (broad SMARTS) is 1. The minimum absolute atomic E-state index is 0.110. The Kier molecular flexibility index (Phi) is 4.67. The highest BCUT2D eigenvalue weighted by Crippen LogP contribution is 1.94. The lowest BCUT2D eigenvalue weighted by Crippen LogP contribution is -2.12. The second-order valence-electron chi connectivity index (χ2n) is 2.09. The highest BCUT2D eigenvalue weighted by atomic mass is 16.6. The summed E-state index contributed by atoms with van der Waals surface area (Å²) in [4.78, 5) is 31.1. The number of carbonyl (C=O) groups excluding carboxylic acids is 2. The summed E-state index contributed by atoms with van der Waals surface area (Å²) in [5, 5.41) is 8.16. The summed E-state index contributed by atoms with van der Waals surface area (Å²) in [5.41, 5.74) is 0. The second-order valence-corrected chi connectivity index (χ2v) is 2.09. The number of carbonyl (C=O) groups is 3. The highest BCUT2D eigenvalue weighted by molar-refractivity contribution is 5.86. The third-order valence-electron chi connectivity index (χ3n) is 1.06. The molecule has 0 spiro atoms. The Bertz CT molecular complexity index is 196. The first-order chi connectivity index (χ1) is 5.56. The molecule has 0 saturated carbocycles. The van der Waals surface area contributed by atoms with Gasteiger partial charge in [-0.2, -0.15) is 0 Å². The van der Waals surface area contributed by atoms with Gasteiger partial charge in [-0.15, -0.1) is 0 Å². The predicted octanol–water partition coefficient (Wildman–Crippen LogP) is 0.331. The predicted molar refractivity (Wildman–Crippen MR) is 38.3 cm³/mol. The molecule has 0 amide bonds. The minimum Gasteiger partial charge on any atom is -0.481 e. The van der Waals surface area contributed by atoms with Gasteiger partial charge < -0.3 is 9.84 Å². The van der Waals surface area contributed by atoms with Crippen molar-refractivity contribution in [2.75, 3.05) is 0 Å². The van der Waals surface area contributed by atoms with Gasteiger partial charge in [0.15, 0.2) is 0 Å². The van der Waals surface area contributed by atoms with Gasteiger partial charge in [0.25, 0.3) is 0 Å². The summed E-state index contributed by atoms with van der Waals surface area (Å²) >= 11 is 0. The molecule has 0 rings (SSSR count). The van der Waals surface area contributed by atoms with Gasteiger partial charge in [-0.25, -0.2) is 0 Å². The van der Waals surface area contributed by atoms with Gasteiger partial charge in [-0.3, -0.25) is 14.4 Å². The fourth-order valence-electron chi connectivity index (χ4n) is 0.459. The van der Waals surface area contributed by atoms with E-state index in [4.69, 9.17) is 5.11 Å². The minimum atomic E-state index is -1.09. The van der Waals surface area contributed by atoms with Crippen molar-refractivity contribution in [1.29, 1.82) is 0 Å². The van der Waals surface area contributed by atoms with Crippen molar-refractivity contribution >= 4 is 17.9 Å². The Hall–Kier alpha value is -1.39. The molecule has 0 aliphatic carbocycles. The van der Waals surface area contributed by atoms with Crippen molar-refractivity contribution in [1.82, 2.24) is 0 Å². The number of hydrogen-bond donors (Lipinski definition) is 1. The number of rotatable bonds is 4. The molecule has 1 N–H and O–H groups in total. The van der Waals surface area contributed by atoms with Crippen LogP contribution in [0.5, 0.6) is 0 Å². The monoisotopic (exact) mass is 174 g/mol. The molecular weight excluding hydrogens is 164 g/mol. The highest BCUT2D eigenvalue weighted by Gasteiger charge is 2.09. The number of carboxylic acids is 1. The molecule has 0 aliphatic heterocycles. The van der Waals surface area contributed by atoms with Crippen LogP contribution in [0.2, 0.25) is 0 Å². The Morgan fingerprint density at radius 3 is 2.17 bits per heavy atom. The molecule has 0 atom stereocenters. The van der Waals surface area contributed by atoms with Gasteiger partial charge >= 0.3 is 17.9 Å². The van der Waals surface area contributed by atoms with E-state index in [2.05, 4.69) is 4.74 Å². The van der Waals surface area contributed by atoms with Gasteiger partial charge in [-0.05, 0) is 0 Å². The van der Waals surface area contributed by atoms with E-state index < -0.39 is 17.9 Å². The molecular formula is C7H10O5. The Balaban J connectivity index is 3.60. The summed E-state index contributed by atoms with van der Waals surface area (Å²) in [6.07, 6.45) is -0.463. The molecule has 0 aromatic rings. The maximum atomic E-state index is 10.6. The lowest BCUT2D eigenvalue weighted by molar-refractivity contribution is -0.160. The fourth-order valence-corrected chi connectivity index (χ4v) is 0.459. The average Bonchev–Trinajstić information content (AvgIpc) is 2.00. The standard InChI is InChI=1S/C7H10O5/c1-2-6(10)12-7(11)4-3-5(8)9/h2-4H2,1H3,(H,8,9). The largest absolute Gasteiger partial charge is 0.481 e. The first-order valence-corrected chi connectivity index (χ1v) is 3.51. The smallest absolute Gasteiger partial charge is 0.314 e. The van der Waals surface area contributed by atoms with Gasteiger partial charge in [0.2, 0.25) is 0 Å². The van der Waals surface area contributed by atoms with Gasteiger partial charge in [-0.1, -0.05) is 6.92 Å². The topological polar surface area (TPSA) is 80.7 Å². The summed E-state index contributed by atoms with van der Waals surface area (Å²) in [7, 11) is 0. The SMILES string of the molecule is CCC(=O)OC(=O)CCC(=O)O. The number of hydrogen-bond acceptors (Lipinski definition) is 4. The van der Waals surface area contributed by atoms with Crippen molar-refractivity contribution < 1.29 is 24.2 Å². The lowest BCUT2D eigenvalue weighted by Gasteiger charge is -1.98. The van der Waals surface area contributed by atoms with Crippen LogP contribution < -0.4 is 0 Å². The third-order valence-corrected chi connectivity index (χ3v) is 1.06. The molecule has 68 valence electrons. The number of aliphatic carboxylic acids is 1. The van der Waals surface area contributed by atoms with Crippen molar-refractivity contribution in [3.05, 3.63) is 0 Å². The van der Waals surface area contributed by atoms with Crippen LogP contribution in [-0.2, 0) is 19.1 Å². The van der Waals surface area contributed by atoms with E-state index in [1.807, 2.05) is 0 Å². The van der Waals surface area contributed by atoms with Crippen LogP contribution in [0.25, 0.3) is 0 Å². The van der Waals surface area contributed by atoms with Crippen molar-refractivity contribution in [2.24, 2.45) is 0 Å². The van der Waals surface area contributed by atoms with Crippen LogP contribution in [0.3, 0.4) is 0 Å². The van der Waals surface area contributed by atoms with E-state index in [1.165, 1.54) is 0 Å². The van der Waals surface area contributed by atoms with Gasteiger partial charge in [0, 0.05) is 6.42 Å². The lowest BCUT2D eigenvalue weighted by atomic mass is 10.3. The molecule has 0 aliphatic rings. The fraction of sp³-hybridized carbons (Fsp3) is 0.571. The van der Waals surface area contributed by atoms with E-state index in [-0.39, 0.29) is 19.3 Å². The molecule has 5 nitrogen and oxygen atoms in total. The molecule has 0 unspecified atom stereocenters. The first-order valence-electron chi connectivity index (χ1n) is 3.51. The number of esters is 2. The first kappa shape index (κ1) is 10.6. The van der Waals surface area contributed by atoms with Gasteiger partial charge in [0.1, 0.15) is 0 Å². The zero-order chi connectivity index (χ0) is 9.56. The summed E-state index contributed by atoms with van der Waals surface area (Å²) in [6.45, 7) is 1.55. The second kappa shape index (κ2) is 5.29. The number of ether oxygens (including phenoxy) is 1. The van der Waals surface area contributed by atoms with Crippen LogP contribution in [0.4, 0.5) is 0 Å². The van der Waals surface area contributed by atoms with E-state index in [9.17, 15) is 14.4 Å². The van der Waals surface area contributed by atoms with Crippen molar-refractivity contribution in [2.45, 2.75) is 26.2 Å². The van der Waals surface area contributed by atoms with Gasteiger partial charge in [0.05, 0.1) is 12.8 Å². The molecule has 12 heavy (non-hydrogen) atoms. The zero-order valence-corrected chi connectivity index (χ0v) is 6.70. The molecule has 0 aromatic heterocycles. The summed E-state index contributed by atoms with van der Waals surface area (Å²) in [6, 6.07) is 0. The van der Waals surface area contributed by atoms with Crippen LogP contribution >= 0.6 is 0 Å². The molecule has 0 radical (unpaired) electrons. The molecule has 0 fully saturated rings. The van der Waals surface area contributed by atoms with E-state index in [0.717, 1.165) is 0 Å². The van der Waals surface area contributed by atoms with Crippen LogP contribution in [0.1, 0.15) is 26.2 Å². The Labute approximate surface area is 69.3 Å². The van der Waals surface area contributed by atoms with E-state index in [1.54, 1.807) is 6.92 Å². The van der Waals surface area contributed by atoms with E-state index >= 15 is 0 Å². The van der Waals surface area contributed by atoms with Crippen LogP contribution in [0, 0.1) is 0 Å². The van der Waals surface area contributed by atoms with Crippen molar-refractivity contribution in [3.63, 3.8) is 0 Å². The van der Waals surface area contributed by atoms with Crippen LogP contribution in [-0.4, -0.2) is 23.0 Å². The molecule has 0 bridgehead atoms. The maximum absolute atomic E-state index is 10.6. The summed E-state index contributed by atoms with van der Waals surface area (Å²) < 4.78 is 4.21.